The zero-order valence-electron chi connectivity index (χ0n) is 7.66. The summed E-state index contributed by atoms with van der Waals surface area (Å²) < 4.78 is 18.4. The van der Waals surface area contributed by atoms with Crippen molar-refractivity contribution in [2.24, 2.45) is 0 Å². The average Bonchev–Trinajstić information content (AvgIpc) is 2.19. The second-order valence-electron chi connectivity index (χ2n) is 3.05. The third-order valence-electron chi connectivity index (χ3n) is 2.00. The summed E-state index contributed by atoms with van der Waals surface area (Å²) in [7, 11) is 0. The summed E-state index contributed by atoms with van der Waals surface area (Å²) in [6, 6.07) is 3.50. The summed E-state index contributed by atoms with van der Waals surface area (Å²) >= 11 is 3.03. The number of carbonyl (C=O) groups is 1. The molecule has 0 spiro atoms. The molecule has 6 heteroatoms. The third-order valence-corrected chi connectivity index (χ3v) is 2.46. The molecule has 1 aromatic heterocycles. The number of fused-ring (bicyclic) bond motifs is 1. The maximum absolute atomic E-state index is 13.5. The Balaban J connectivity index is 2.93. The summed E-state index contributed by atoms with van der Waals surface area (Å²) in [5, 5.41) is 8.57. The van der Waals surface area contributed by atoms with E-state index in [1.54, 1.807) is 0 Å². The van der Waals surface area contributed by atoms with Crippen molar-refractivity contribution < 1.29 is 18.7 Å². The summed E-state index contributed by atoms with van der Waals surface area (Å²) in [6.07, 6.45) is 0. The van der Waals surface area contributed by atoms with Gasteiger partial charge in [-0.3, -0.25) is 0 Å². The van der Waals surface area contributed by atoms with E-state index in [0.717, 1.165) is 12.1 Å². The van der Waals surface area contributed by atoms with Crippen LogP contribution in [-0.2, 0) is 0 Å². The number of benzene rings is 1. The number of aromatic carboxylic acids is 1. The molecule has 0 saturated carbocycles. The summed E-state index contributed by atoms with van der Waals surface area (Å²) in [4.78, 5) is 22.0. The lowest BCUT2D eigenvalue weighted by Crippen LogP contribution is -2.07. The van der Waals surface area contributed by atoms with E-state index in [2.05, 4.69) is 20.3 Å². The van der Waals surface area contributed by atoms with Crippen molar-refractivity contribution in [3.05, 3.63) is 44.7 Å². The van der Waals surface area contributed by atoms with Crippen molar-refractivity contribution in [3.63, 3.8) is 0 Å². The Labute approximate surface area is 96.4 Å². The molecule has 0 radical (unpaired) electrons. The van der Waals surface area contributed by atoms with Gasteiger partial charge in [-0.2, -0.15) is 0 Å². The van der Waals surface area contributed by atoms with Crippen molar-refractivity contribution in [1.29, 1.82) is 0 Å². The first kappa shape index (κ1) is 10.8. The molecule has 0 bridgehead atoms. The molecule has 0 amide bonds. The van der Waals surface area contributed by atoms with Crippen LogP contribution < -0.4 is 5.63 Å². The van der Waals surface area contributed by atoms with Crippen LogP contribution in [0, 0.1) is 5.82 Å². The van der Waals surface area contributed by atoms with E-state index in [1.165, 1.54) is 6.07 Å². The molecule has 82 valence electrons. The molecule has 1 aromatic carbocycles. The van der Waals surface area contributed by atoms with Gasteiger partial charge in [-0.1, -0.05) is 15.9 Å². The Hall–Kier alpha value is -1.69. The largest absolute Gasteiger partial charge is 0.475 e. The first-order chi connectivity index (χ1) is 7.49. The predicted molar refractivity (Wildman–Crippen MR) is 57.1 cm³/mol. The molecule has 0 unspecified atom stereocenters. The van der Waals surface area contributed by atoms with Gasteiger partial charge in [0, 0.05) is 9.86 Å². The zero-order valence-corrected chi connectivity index (χ0v) is 9.25. The van der Waals surface area contributed by atoms with Crippen LogP contribution in [0.4, 0.5) is 4.39 Å². The molecule has 0 saturated heterocycles. The number of hydrogen-bond acceptors (Lipinski definition) is 3. The van der Waals surface area contributed by atoms with Gasteiger partial charge in [0.25, 0.3) is 0 Å². The molecule has 0 aliphatic heterocycles. The molecule has 2 aromatic rings. The number of carboxylic acid groups (broad SMARTS) is 1. The maximum atomic E-state index is 13.5. The van der Waals surface area contributed by atoms with E-state index in [9.17, 15) is 14.0 Å². The minimum Gasteiger partial charge on any atom is -0.475 e. The highest BCUT2D eigenvalue weighted by molar-refractivity contribution is 9.10. The molecule has 2 rings (SSSR count). The fourth-order valence-corrected chi connectivity index (χ4v) is 1.75. The van der Waals surface area contributed by atoms with Crippen LogP contribution in [0.1, 0.15) is 10.6 Å². The van der Waals surface area contributed by atoms with Gasteiger partial charge < -0.3 is 9.52 Å². The Morgan fingerprint density at radius 1 is 1.31 bits per heavy atom. The lowest BCUT2D eigenvalue weighted by Gasteiger charge is -2.00. The van der Waals surface area contributed by atoms with E-state index in [0.29, 0.717) is 4.47 Å². The van der Waals surface area contributed by atoms with E-state index >= 15 is 0 Å². The normalized spacial score (nSPS) is 10.6. The molecule has 1 heterocycles. The van der Waals surface area contributed by atoms with Gasteiger partial charge in [0.05, 0.1) is 5.39 Å². The fourth-order valence-electron chi connectivity index (χ4n) is 1.32. The van der Waals surface area contributed by atoms with Crippen LogP contribution in [-0.4, -0.2) is 11.1 Å². The van der Waals surface area contributed by atoms with Crippen LogP contribution in [0.15, 0.2) is 31.9 Å². The van der Waals surface area contributed by atoms with Crippen LogP contribution in [0.5, 0.6) is 0 Å². The topological polar surface area (TPSA) is 67.5 Å². The molecular formula is C10H4BrFO4. The Morgan fingerprint density at radius 2 is 2.00 bits per heavy atom. The van der Waals surface area contributed by atoms with Crippen LogP contribution in [0.25, 0.3) is 10.8 Å². The Kier molecular flexibility index (Phi) is 2.51. The molecule has 0 atom stereocenters. The molecule has 1 N–H and O–H groups in total. The number of halogens is 2. The van der Waals surface area contributed by atoms with Crippen LogP contribution in [0.2, 0.25) is 0 Å². The smallest absolute Gasteiger partial charge is 0.371 e. The summed E-state index contributed by atoms with van der Waals surface area (Å²) in [5.41, 5.74) is -0.880. The first-order valence-electron chi connectivity index (χ1n) is 4.15. The molecular weight excluding hydrogens is 283 g/mol. The molecule has 0 fully saturated rings. The highest BCUT2D eigenvalue weighted by Crippen LogP contribution is 2.21. The predicted octanol–water partition coefficient (Wildman–Crippen LogP) is 2.39. The van der Waals surface area contributed by atoms with Gasteiger partial charge in [0.15, 0.2) is 0 Å². The lowest BCUT2D eigenvalue weighted by atomic mass is 10.1. The SMILES string of the molecule is O=C(O)c1cc2c(F)cc(Br)cc2c(=O)o1. The lowest BCUT2D eigenvalue weighted by molar-refractivity contribution is 0.0658. The fraction of sp³-hybridized carbons (Fsp3) is 0. The number of rotatable bonds is 1. The second-order valence-corrected chi connectivity index (χ2v) is 3.97. The summed E-state index contributed by atoms with van der Waals surface area (Å²) in [6.45, 7) is 0. The van der Waals surface area contributed by atoms with Crippen LogP contribution in [0.3, 0.4) is 0 Å². The number of hydrogen-bond donors (Lipinski definition) is 1. The Bertz CT molecular complexity index is 647. The molecule has 4 nitrogen and oxygen atoms in total. The number of carboxylic acids is 1. The van der Waals surface area contributed by atoms with E-state index in [1.807, 2.05) is 0 Å². The van der Waals surface area contributed by atoms with Crippen LogP contribution >= 0.6 is 15.9 Å². The monoisotopic (exact) mass is 286 g/mol. The van der Waals surface area contributed by atoms with Crippen molar-refractivity contribution in [3.8, 4) is 0 Å². The van der Waals surface area contributed by atoms with E-state index in [-0.39, 0.29) is 10.8 Å². The first-order valence-corrected chi connectivity index (χ1v) is 4.94. The zero-order chi connectivity index (χ0) is 11.9. The quantitative estimate of drug-likeness (QED) is 0.874. The second kappa shape index (κ2) is 3.71. The minimum absolute atomic E-state index is 0.00289. The minimum atomic E-state index is -1.42. The van der Waals surface area contributed by atoms with Gasteiger partial charge in [-0.25, -0.2) is 14.0 Å². The standard InChI is InChI=1S/C10H4BrFO4/c11-4-1-6-5(7(12)2-4)3-8(9(13)14)16-10(6)15/h1-3H,(H,13,14). The van der Waals surface area contributed by atoms with Crippen molar-refractivity contribution in [2.75, 3.05) is 0 Å². The third kappa shape index (κ3) is 1.71. The highest BCUT2D eigenvalue weighted by Gasteiger charge is 2.13. The maximum Gasteiger partial charge on any atom is 0.371 e. The van der Waals surface area contributed by atoms with Crippen molar-refractivity contribution >= 4 is 32.7 Å². The van der Waals surface area contributed by atoms with Gasteiger partial charge >= 0.3 is 11.6 Å². The van der Waals surface area contributed by atoms with E-state index < -0.39 is 23.2 Å². The molecule has 0 aliphatic rings. The van der Waals surface area contributed by atoms with Crippen molar-refractivity contribution in [1.82, 2.24) is 0 Å². The highest BCUT2D eigenvalue weighted by atomic mass is 79.9. The molecule has 16 heavy (non-hydrogen) atoms. The van der Waals surface area contributed by atoms with Gasteiger partial charge in [0.1, 0.15) is 5.82 Å². The Morgan fingerprint density at radius 3 is 2.62 bits per heavy atom. The van der Waals surface area contributed by atoms with Gasteiger partial charge in [-0.05, 0) is 18.2 Å². The average molecular weight is 287 g/mol. The van der Waals surface area contributed by atoms with E-state index in [4.69, 9.17) is 5.11 Å². The van der Waals surface area contributed by atoms with Crippen molar-refractivity contribution in [2.45, 2.75) is 0 Å². The van der Waals surface area contributed by atoms with Gasteiger partial charge in [0.2, 0.25) is 5.76 Å². The van der Waals surface area contributed by atoms with Gasteiger partial charge in [-0.15, -0.1) is 0 Å². The molecule has 0 aliphatic carbocycles. The summed E-state index contributed by atoms with van der Waals surface area (Å²) in [5.74, 6) is -2.68.